The van der Waals surface area contributed by atoms with Crippen molar-refractivity contribution in [1.82, 2.24) is 0 Å². The van der Waals surface area contributed by atoms with Crippen LogP contribution in [-0.2, 0) is 28.2 Å². The van der Waals surface area contributed by atoms with Crippen LogP contribution in [0, 0.1) is 0 Å². The molecule has 2 atom stereocenters. The second kappa shape index (κ2) is 37.0. The van der Waals surface area contributed by atoms with E-state index in [1.807, 2.05) is 48.6 Å². The Morgan fingerprint density at radius 2 is 1.11 bits per heavy atom. The van der Waals surface area contributed by atoms with Gasteiger partial charge in [-0.2, -0.15) is 0 Å². The molecule has 0 rings (SSSR count). The van der Waals surface area contributed by atoms with E-state index in [-0.39, 0.29) is 19.4 Å². The number of allylic oxidation sites excluding steroid dienone is 16. The van der Waals surface area contributed by atoms with Crippen molar-refractivity contribution in [2.24, 2.45) is 0 Å². The lowest BCUT2D eigenvalue weighted by molar-refractivity contribution is -0.161. The summed E-state index contributed by atoms with van der Waals surface area (Å²) in [6.07, 6.45) is 48.5. The van der Waals surface area contributed by atoms with Crippen LogP contribution in [0.4, 0.5) is 0 Å². The van der Waals surface area contributed by atoms with E-state index in [1.54, 1.807) is 6.08 Å². The third kappa shape index (κ3) is 39.7. The fourth-order valence-electron chi connectivity index (χ4n) is 4.48. The zero-order valence-corrected chi connectivity index (χ0v) is 33.1. The van der Waals surface area contributed by atoms with E-state index in [4.69, 9.17) is 19.3 Å². The molecule has 0 saturated heterocycles. The number of carbonyl (C=O) groups is 2. The summed E-state index contributed by atoms with van der Waals surface area (Å²) in [6.45, 7) is 3.34. The van der Waals surface area contributed by atoms with Crippen molar-refractivity contribution in [2.45, 2.75) is 135 Å². The van der Waals surface area contributed by atoms with Crippen LogP contribution in [0.25, 0.3) is 0 Å². The normalized spacial score (nSPS) is 14.3. The van der Waals surface area contributed by atoms with Gasteiger partial charge in [-0.15, -0.1) is 0 Å². The third-order valence-electron chi connectivity index (χ3n) is 7.36. The number of phosphoric acid groups is 1. The highest BCUT2D eigenvalue weighted by molar-refractivity contribution is 7.46. The van der Waals surface area contributed by atoms with Crippen molar-refractivity contribution in [1.29, 1.82) is 0 Å². The molecule has 9 nitrogen and oxygen atoms in total. The maximum Gasteiger partial charge on any atom is 0.469 e. The van der Waals surface area contributed by atoms with Crippen molar-refractivity contribution in [2.75, 3.05) is 13.2 Å². The molecule has 53 heavy (non-hydrogen) atoms. The molecular weight excluding hydrogens is 691 g/mol. The van der Waals surface area contributed by atoms with E-state index < -0.39 is 38.6 Å². The lowest BCUT2D eigenvalue weighted by Crippen LogP contribution is -2.29. The maximum absolute atomic E-state index is 12.4. The number of hydrogen-bond acceptors (Lipinski definition) is 7. The molecule has 0 fully saturated rings. The quantitative estimate of drug-likeness (QED) is 0.0196. The number of aliphatic hydroxyl groups excluding tert-OH is 1. The van der Waals surface area contributed by atoms with Crippen LogP contribution >= 0.6 is 7.82 Å². The van der Waals surface area contributed by atoms with Gasteiger partial charge in [0.25, 0.3) is 0 Å². The van der Waals surface area contributed by atoms with Crippen LogP contribution < -0.4 is 0 Å². The first kappa shape index (κ1) is 49.7. The van der Waals surface area contributed by atoms with Gasteiger partial charge in [0.15, 0.2) is 6.10 Å². The van der Waals surface area contributed by atoms with E-state index >= 15 is 0 Å². The van der Waals surface area contributed by atoms with Crippen LogP contribution in [0.15, 0.2) is 109 Å². The number of carbonyl (C=O) groups excluding carboxylic acids is 2. The molecule has 0 aliphatic heterocycles. The maximum atomic E-state index is 12.4. The van der Waals surface area contributed by atoms with Crippen LogP contribution in [0.1, 0.15) is 123 Å². The molecule has 0 aromatic heterocycles. The molecule has 0 saturated carbocycles. The number of phosphoric ester groups is 1. The average molecular weight is 759 g/mol. The topological polar surface area (TPSA) is 140 Å². The summed E-state index contributed by atoms with van der Waals surface area (Å²) >= 11 is 0. The van der Waals surface area contributed by atoms with Gasteiger partial charge in [-0.1, -0.05) is 136 Å². The third-order valence-corrected chi connectivity index (χ3v) is 7.84. The Kier molecular flexibility index (Phi) is 34.7. The van der Waals surface area contributed by atoms with Crippen molar-refractivity contribution in [3.8, 4) is 0 Å². The molecule has 0 radical (unpaired) electrons. The van der Waals surface area contributed by atoms with E-state index in [0.717, 1.165) is 38.5 Å². The monoisotopic (exact) mass is 758 g/mol. The van der Waals surface area contributed by atoms with Gasteiger partial charge in [0.1, 0.15) is 6.61 Å². The highest BCUT2D eigenvalue weighted by Crippen LogP contribution is 2.35. The number of rotatable bonds is 33. The molecule has 0 aliphatic rings. The molecule has 3 N–H and O–H groups in total. The second-order valence-electron chi connectivity index (χ2n) is 12.4. The molecule has 0 bridgehead atoms. The van der Waals surface area contributed by atoms with Crippen molar-refractivity contribution in [3.05, 3.63) is 109 Å². The minimum Gasteiger partial charge on any atom is -0.462 e. The molecule has 0 unspecified atom stereocenters. The van der Waals surface area contributed by atoms with E-state index in [0.29, 0.717) is 38.5 Å². The lowest BCUT2D eigenvalue weighted by atomic mass is 10.1. The molecular formula is C43H67O9P. The summed E-state index contributed by atoms with van der Waals surface area (Å²) in [4.78, 5) is 42.7. The van der Waals surface area contributed by atoms with Gasteiger partial charge in [0.2, 0.25) is 0 Å². The number of aliphatic hydroxyl groups is 1. The van der Waals surface area contributed by atoms with Crippen LogP contribution in [0.5, 0.6) is 0 Å². The Morgan fingerprint density at radius 1 is 0.604 bits per heavy atom. The van der Waals surface area contributed by atoms with Crippen molar-refractivity contribution in [3.63, 3.8) is 0 Å². The Bertz CT molecular complexity index is 1230. The molecule has 0 amide bonds. The lowest BCUT2D eigenvalue weighted by Gasteiger charge is -2.18. The molecule has 0 spiro atoms. The highest BCUT2D eigenvalue weighted by atomic mass is 31.2. The van der Waals surface area contributed by atoms with Gasteiger partial charge in [-0.25, -0.2) is 4.57 Å². The number of ether oxygens (including phenoxy) is 2. The second-order valence-corrected chi connectivity index (χ2v) is 13.6. The number of esters is 2. The van der Waals surface area contributed by atoms with Gasteiger partial charge < -0.3 is 24.4 Å². The van der Waals surface area contributed by atoms with E-state index in [9.17, 15) is 19.3 Å². The zero-order chi connectivity index (χ0) is 39.1. The van der Waals surface area contributed by atoms with Gasteiger partial charge in [-0.3, -0.25) is 14.1 Å². The molecule has 0 aromatic rings. The highest BCUT2D eigenvalue weighted by Gasteiger charge is 2.22. The fourth-order valence-corrected chi connectivity index (χ4v) is 4.84. The minimum atomic E-state index is -4.80. The van der Waals surface area contributed by atoms with E-state index in [1.165, 1.54) is 19.3 Å². The summed E-state index contributed by atoms with van der Waals surface area (Å²) in [5.41, 5.74) is 0. The van der Waals surface area contributed by atoms with Crippen LogP contribution in [0.3, 0.4) is 0 Å². The predicted octanol–water partition coefficient (Wildman–Crippen LogP) is 10.6. The van der Waals surface area contributed by atoms with Gasteiger partial charge >= 0.3 is 19.8 Å². The van der Waals surface area contributed by atoms with Crippen LogP contribution in [0.2, 0.25) is 0 Å². The van der Waals surface area contributed by atoms with Gasteiger partial charge in [-0.05, 0) is 83.5 Å². The fraction of sp³-hybridized carbons (Fsp3) is 0.535. The zero-order valence-electron chi connectivity index (χ0n) is 32.2. The Labute approximate surface area is 319 Å². The summed E-state index contributed by atoms with van der Waals surface area (Å²) in [5.74, 6) is -1.07. The molecule has 0 aliphatic carbocycles. The Morgan fingerprint density at radius 3 is 1.68 bits per heavy atom. The van der Waals surface area contributed by atoms with Crippen molar-refractivity contribution < 1.29 is 43.0 Å². The summed E-state index contributed by atoms with van der Waals surface area (Å²) in [5, 5.41) is 9.99. The van der Waals surface area contributed by atoms with E-state index in [2.05, 4.69) is 73.1 Å². The SMILES string of the molecule is CC/C=C\C/C=C\C/C=C\C/C=C\C/C=C\CCCC(=O)OC[C@H](COP(=O)(O)O)OC(=O)CCC/C=C\C/C=C\C=C\[C@@H](O)C/C=C\CCCCC. The van der Waals surface area contributed by atoms with Crippen molar-refractivity contribution >= 4 is 19.8 Å². The first-order valence-electron chi connectivity index (χ1n) is 19.3. The first-order chi connectivity index (χ1) is 25.7. The average Bonchev–Trinajstić information content (AvgIpc) is 3.12. The minimum absolute atomic E-state index is 0.0848. The predicted molar refractivity (Wildman–Crippen MR) is 217 cm³/mol. The smallest absolute Gasteiger partial charge is 0.462 e. The summed E-state index contributed by atoms with van der Waals surface area (Å²) in [6, 6.07) is 0. The van der Waals surface area contributed by atoms with Gasteiger partial charge in [0.05, 0.1) is 12.7 Å². The van der Waals surface area contributed by atoms with Crippen LogP contribution in [-0.4, -0.2) is 52.3 Å². The largest absolute Gasteiger partial charge is 0.469 e. The molecule has 0 aromatic carbocycles. The first-order valence-corrected chi connectivity index (χ1v) is 20.8. The summed E-state index contributed by atoms with van der Waals surface area (Å²) < 4.78 is 26.2. The summed E-state index contributed by atoms with van der Waals surface area (Å²) in [7, 11) is -4.80. The molecule has 10 heteroatoms. The Hall–Kier alpha value is -3.33. The Balaban J connectivity index is 4.26. The number of unbranched alkanes of at least 4 members (excludes halogenated alkanes) is 5. The number of hydrogen-bond donors (Lipinski definition) is 3. The molecule has 0 heterocycles. The standard InChI is InChI=1S/C43H67O9P/c1-3-5-7-9-11-12-13-14-15-16-17-18-19-20-24-28-32-36-42(45)50-38-41(39-51-53(47,48)49)52-43(46)37-33-29-25-22-21-23-27-31-35-40(44)34-30-26-10-8-6-4-2/h5,7,11-12,14-15,17-18,20,22-27,30-31,35,40-41,44H,3-4,6,8-10,13,16,19,21,28-29,32-34,36-39H2,1-2H3,(H2,47,48,49)/b7-5-,12-11-,15-14-,18-17-,24-20-,25-22-,27-23-,30-26-,35-31+/t40-,41+/m0/s1. The molecule has 298 valence electrons. The van der Waals surface area contributed by atoms with Gasteiger partial charge in [0, 0.05) is 12.8 Å².